The molecule has 1 aromatic rings. The molecule has 0 amide bonds. The molecule has 5 nitrogen and oxygen atoms in total. The summed E-state index contributed by atoms with van der Waals surface area (Å²) in [5, 5.41) is 3.49. The average Bonchev–Trinajstić information content (AvgIpc) is 2.70. The summed E-state index contributed by atoms with van der Waals surface area (Å²) in [6.07, 6.45) is 3.71. The lowest BCUT2D eigenvalue weighted by atomic mass is 9.90. The molecule has 0 spiro atoms. The van der Waals surface area contributed by atoms with Crippen molar-refractivity contribution in [3.05, 3.63) is 35.9 Å². The Hall–Kier alpha value is -1.59. The predicted octanol–water partition coefficient (Wildman–Crippen LogP) is 2.24. The van der Waals surface area contributed by atoms with Gasteiger partial charge in [0.25, 0.3) is 0 Å². The van der Waals surface area contributed by atoms with Gasteiger partial charge < -0.3 is 15.0 Å². The average molecular weight is 359 g/mol. The number of benzene rings is 1. The van der Waals surface area contributed by atoms with Crippen LogP contribution in [-0.2, 0) is 11.2 Å². The second-order valence-electron chi connectivity index (χ2n) is 7.31. The lowest BCUT2D eigenvalue weighted by Crippen LogP contribution is -2.46. The number of hydrogen-bond donors (Lipinski definition) is 1. The first-order chi connectivity index (χ1) is 12.8. The van der Waals surface area contributed by atoms with E-state index >= 15 is 0 Å². The quantitative estimate of drug-likeness (QED) is 0.625. The van der Waals surface area contributed by atoms with Gasteiger partial charge in [-0.15, -0.1) is 0 Å². The SMILES string of the molecule is CCNC(=NCCN1CCOCC1)N1CCC(Cc2ccccc2)CC1. The van der Waals surface area contributed by atoms with Gasteiger partial charge in [-0.3, -0.25) is 9.89 Å². The number of piperidine rings is 1. The number of ether oxygens (including phenoxy) is 1. The van der Waals surface area contributed by atoms with Crippen molar-refractivity contribution in [1.82, 2.24) is 15.1 Å². The van der Waals surface area contributed by atoms with Gasteiger partial charge in [0.1, 0.15) is 0 Å². The molecular weight excluding hydrogens is 324 g/mol. The Kier molecular flexibility index (Phi) is 7.77. The van der Waals surface area contributed by atoms with Crippen LogP contribution < -0.4 is 5.32 Å². The van der Waals surface area contributed by atoms with E-state index < -0.39 is 0 Å². The van der Waals surface area contributed by atoms with Crippen LogP contribution in [0.25, 0.3) is 0 Å². The van der Waals surface area contributed by atoms with Crippen LogP contribution >= 0.6 is 0 Å². The van der Waals surface area contributed by atoms with Crippen LogP contribution in [0.2, 0.25) is 0 Å². The summed E-state index contributed by atoms with van der Waals surface area (Å²) < 4.78 is 5.42. The lowest BCUT2D eigenvalue weighted by molar-refractivity contribution is 0.0394. The van der Waals surface area contributed by atoms with Crippen LogP contribution in [0.1, 0.15) is 25.3 Å². The van der Waals surface area contributed by atoms with E-state index in [1.165, 1.54) is 24.8 Å². The first-order valence-corrected chi connectivity index (χ1v) is 10.2. The van der Waals surface area contributed by atoms with E-state index in [-0.39, 0.29) is 0 Å². The maximum Gasteiger partial charge on any atom is 0.193 e. The first kappa shape index (κ1) is 19.2. The minimum atomic E-state index is 0.796. The molecule has 2 heterocycles. The highest BCUT2D eigenvalue weighted by Crippen LogP contribution is 2.21. The molecule has 0 unspecified atom stereocenters. The third kappa shape index (κ3) is 5.99. The Morgan fingerprint density at radius 1 is 1.12 bits per heavy atom. The molecule has 26 heavy (non-hydrogen) atoms. The summed E-state index contributed by atoms with van der Waals surface area (Å²) in [7, 11) is 0. The van der Waals surface area contributed by atoms with Crippen molar-refractivity contribution < 1.29 is 4.74 Å². The van der Waals surface area contributed by atoms with Crippen LogP contribution in [0.3, 0.4) is 0 Å². The molecular formula is C21H34N4O. The molecule has 1 aromatic carbocycles. The van der Waals surface area contributed by atoms with Gasteiger partial charge in [0.15, 0.2) is 5.96 Å². The summed E-state index contributed by atoms with van der Waals surface area (Å²) in [5.74, 6) is 1.89. The highest BCUT2D eigenvalue weighted by atomic mass is 16.5. The zero-order valence-electron chi connectivity index (χ0n) is 16.2. The number of hydrogen-bond acceptors (Lipinski definition) is 3. The van der Waals surface area contributed by atoms with E-state index in [2.05, 4.69) is 52.4 Å². The third-order valence-electron chi connectivity index (χ3n) is 5.40. The van der Waals surface area contributed by atoms with Gasteiger partial charge in [-0.1, -0.05) is 30.3 Å². The number of aliphatic imine (C=N–C) groups is 1. The molecule has 2 aliphatic rings. The molecule has 2 aliphatic heterocycles. The molecule has 5 heteroatoms. The third-order valence-corrected chi connectivity index (χ3v) is 5.40. The topological polar surface area (TPSA) is 40.1 Å². The van der Waals surface area contributed by atoms with E-state index in [0.29, 0.717) is 0 Å². The van der Waals surface area contributed by atoms with Gasteiger partial charge in [-0.05, 0) is 37.7 Å². The van der Waals surface area contributed by atoms with Gasteiger partial charge in [0.05, 0.1) is 19.8 Å². The molecule has 0 aliphatic carbocycles. The van der Waals surface area contributed by atoms with Gasteiger partial charge in [0, 0.05) is 39.3 Å². The van der Waals surface area contributed by atoms with Crippen LogP contribution in [0.5, 0.6) is 0 Å². The minimum Gasteiger partial charge on any atom is -0.379 e. The minimum absolute atomic E-state index is 0.796. The second-order valence-corrected chi connectivity index (χ2v) is 7.31. The van der Waals surface area contributed by atoms with Gasteiger partial charge in [-0.25, -0.2) is 0 Å². The number of nitrogens with zero attached hydrogens (tertiary/aromatic N) is 3. The fourth-order valence-electron chi connectivity index (χ4n) is 3.84. The zero-order valence-corrected chi connectivity index (χ0v) is 16.2. The Balaban J connectivity index is 1.45. The van der Waals surface area contributed by atoms with Crippen molar-refractivity contribution >= 4 is 5.96 Å². The van der Waals surface area contributed by atoms with Crippen molar-refractivity contribution in [2.75, 3.05) is 59.0 Å². The summed E-state index contributed by atoms with van der Waals surface area (Å²) in [6, 6.07) is 10.9. The number of nitrogens with one attached hydrogen (secondary N) is 1. The van der Waals surface area contributed by atoms with E-state index in [0.717, 1.165) is 70.9 Å². The van der Waals surface area contributed by atoms with Crippen molar-refractivity contribution in [1.29, 1.82) is 0 Å². The Morgan fingerprint density at radius 2 is 1.85 bits per heavy atom. The smallest absolute Gasteiger partial charge is 0.193 e. The van der Waals surface area contributed by atoms with E-state index in [1.807, 2.05) is 0 Å². The van der Waals surface area contributed by atoms with Crippen LogP contribution in [0, 0.1) is 5.92 Å². The van der Waals surface area contributed by atoms with Crippen molar-refractivity contribution in [2.24, 2.45) is 10.9 Å². The van der Waals surface area contributed by atoms with E-state index in [1.54, 1.807) is 0 Å². The van der Waals surface area contributed by atoms with Crippen LogP contribution in [0.15, 0.2) is 35.3 Å². The lowest BCUT2D eigenvalue weighted by Gasteiger charge is -2.34. The van der Waals surface area contributed by atoms with Crippen LogP contribution in [-0.4, -0.2) is 74.8 Å². The summed E-state index contributed by atoms with van der Waals surface area (Å²) >= 11 is 0. The molecule has 0 radical (unpaired) electrons. The second kappa shape index (κ2) is 10.5. The molecule has 2 fully saturated rings. The molecule has 0 aromatic heterocycles. The van der Waals surface area contributed by atoms with Gasteiger partial charge in [-0.2, -0.15) is 0 Å². The number of guanidine groups is 1. The monoisotopic (exact) mass is 358 g/mol. The van der Waals surface area contributed by atoms with Crippen molar-refractivity contribution in [3.63, 3.8) is 0 Å². The predicted molar refractivity (Wildman–Crippen MR) is 108 cm³/mol. The number of rotatable bonds is 6. The number of likely N-dealkylation sites (tertiary alicyclic amines) is 1. The Morgan fingerprint density at radius 3 is 2.54 bits per heavy atom. The van der Waals surface area contributed by atoms with Crippen LogP contribution in [0.4, 0.5) is 0 Å². The highest BCUT2D eigenvalue weighted by molar-refractivity contribution is 5.80. The molecule has 0 saturated carbocycles. The zero-order chi connectivity index (χ0) is 18.0. The first-order valence-electron chi connectivity index (χ1n) is 10.2. The maximum atomic E-state index is 5.42. The summed E-state index contributed by atoms with van der Waals surface area (Å²) in [6.45, 7) is 11.0. The fourth-order valence-corrected chi connectivity index (χ4v) is 3.84. The van der Waals surface area contributed by atoms with Gasteiger partial charge in [0.2, 0.25) is 0 Å². The van der Waals surface area contributed by atoms with Gasteiger partial charge >= 0.3 is 0 Å². The van der Waals surface area contributed by atoms with Crippen molar-refractivity contribution in [2.45, 2.75) is 26.2 Å². The Labute approximate surface area is 158 Å². The molecule has 0 bridgehead atoms. The van der Waals surface area contributed by atoms with Crippen molar-refractivity contribution in [3.8, 4) is 0 Å². The summed E-state index contributed by atoms with van der Waals surface area (Å²) in [5.41, 5.74) is 1.47. The van der Waals surface area contributed by atoms with E-state index in [4.69, 9.17) is 9.73 Å². The maximum absolute atomic E-state index is 5.42. The molecule has 144 valence electrons. The summed E-state index contributed by atoms with van der Waals surface area (Å²) in [4.78, 5) is 9.79. The Bertz CT molecular complexity index is 534. The molecule has 0 atom stereocenters. The standard InChI is InChI=1S/C21H34N4O/c1-2-22-21(23-10-13-24-14-16-26-17-15-24)25-11-8-20(9-12-25)18-19-6-4-3-5-7-19/h3-7,20H,2,8-18H2,1H3,(H,22,23). The normalized spacial score (nSPS) is 20.3. The molecule has 2 saturated heterocycles. The largest absolute Gasteiger partial charge is 0.379 e. The molecule has 3 rings (SSSR count). The molecule has 1 N–H and O–H groups in total. The number of morpholine rings is 1. The fraction of sp³-hybridized carbons (Fsp3) is 0.667. The highest BCUT2D eigenvalue weighted by Gasteiger charge is 2.21. The van der Waals surface area contributed by atoms with E-state index in [9.17, 15) is 0 Å².